The van der Waals surface area contributed by atoms with E-state index in [1.54, 1.807) is 0 Å². The highest BCUT2D eigenvalue weighted by molar-refractivity contribution is 8.10. The normalized spacial score (nSPS) is 17.7. The molecule has 0 aliphatic carbocycles. The first-order chi connectivity index (χ1) is 13.5. The summed E-state index contributed by atoms with van der Waals surface area (Å²) in [6.07, 6.45) is 2.13. The van der Waals surface area contributed by atoms with E-state index in [2.05, 4.69) is 4.18 Å². The number of alkyl halides is 3. The first-order valence-electron chi connectivity index (χ1n) is 8.84. The molecule has 1 fully saturated rings. The molecule has 0 aromatic heterocycles. The zero-order chi connectivity index (χ0) is 23.0. The molecule has 0 amide bonds. The van der Waals surface area contributed by atoms with Crippen molar-refractivity contribution in [3.63, 3.8) is 0 Å². The van der Waals surface area contributed by atoms with Crippen molar-refractivity contribution in [2.75, 3.05) is 11.5 Å². The molecule has 0 bridgehead atoms. The lowest BCUT2D eigenvalue weighted by atomic mass is 9.87. The number of carbonyl (C=O) groups excluding carboxylic acids is 1. The number of carbonyl (C=O) groups is 1. The second-order valence-corrected chi connectivity index (χ2v) is 13.2. The Kier molecular flexibility index (Phi) is 7.21. The molecule has 1 unspecified atom stereocenters. The summed E-state index contributed by atoms with van der Waals surface area (Å²) in [5, 5.41) is -0.220. The van der Waals surface area contributed by atoms with E-state index in [0.29, 0.717) is 5.56 Å². The fraction of sp³-hybridized carbons (Fsp3) is 0.588. The van der Waals surface area contributed by atoms with Gasteiger partial charge in [0.05, 0.1) is 0 Å². The highest BCUT2D eigenvalue weighted by atomic mass is 32.3. The Bertz CT molecular complexity index is 977. The molecule has 1 aromatic rings. The Hall–Kier alpha value is -1.31. The van der Waals surface area contributed by atoms with E-state index < -0.39 is 31.6 Å². The first kappa shape index (κ1) is 25.0. The largest absolute Gasteiger partial charge is 0.480 e. The van der Waals surface area contributed by atoms with Crippen molar-refractivity contribution in [1.29, 1.82) is 0 Å². The van der Waals surface area contributed by atoms with E-state index in [1.807, 2.05) is 24.9 Å². The molecule has 13 heteroatoms. The summed E-state index contributed by atoms with van der Waals surface area (Å²) in [7, 11) is -11.8. The van der Waals surface area contributed by atoms with Gasteiger partial charge in [-0.2, -0.15) is 13.2 Å². The van der Waals surface area contributed by atoms with Crippen LogP contribution >= 0.6 is 0 Å². The molecule has 30 heavy (non-hydrogen) atoms. The van der Waals surface area contributed by atoms with Gasteiger partial charge in [0, 0.05) is 11.0 Å². The smallest absolute Gasteiger partial charge is 0.395 e. The van der Waals surface area contributed by atoms with Gasteiger partial charge < -0.3 is 8.31 Å². The number of ketones is 1. The van der Waals surface area contributed by atoms with E-state index in [-0.39, 0.29) is 27.3 Å². The molecule has 170 valence electrons. The summed E-state index contributed by atoms with van der Waals surface area (Å²) in [6.45, 7) is 5.94. The van der Waals surface area contributed by atoms with Crippen LogP contribution in [0.15, 0.2) is 24.3 Å². The number of rotatable bonds is 7. The average Bonchev–Trinajstić information content (AvgIpc) is 3.05. The van der Waals surface area contributed by atoms with Gasteiger partial charge >= 0.3 is 5.51 Å². The zero-order valence-corrected chi connectivity index (χ0v) is 18.9. The molecule has 1 atom stereocenters. The number of hydrogen-bond donors (Lipinski definition) is 0. The van der Waals surface area contributed by atoms with Gasteiger partial charge in [-0.15, -0.1) is 0 Å². The van der Waals surface area contributed by atoms with E-state index in [4.69, 9.17) is 0 Å². The number of benzene rings is 1. The van der Waals surface area contributed by atoms with Crippen LogP contribution in [-0.2, 0) is 31.2 Å². The number of nitrogens with zero attached hydrogens (tertiary/aromatic N) is 1. The van der Waals surface area contributed by atoms with Gasteiger partial charge in [-0.05, 0) is 48.0 Å². The van der Waals surface area contributed by atoms with Gasteiger partial charge in [0.15, 0.2) is 15.3 Å². The lowest BCUT2D eigenvalue weighted by molar-refractivity contribution is -0.0425. The van der Waals surface area contributed by atoms with Gasteiger partial charge in [0.25, 0.3) is 0 Å². The third-order valence-electron chi connectivity index (χ3n) is 4.24. The lowest BCUT2D eigenvalue weighted by Gasteiger charge is -2.27. The molecule has 1 heterocycles. The minimum Gasteiger partial charge on any atom is -0.395 e. The summed E-state index contributed by atoms with van der Waals surface area (Å²) < 4.78 is 88.0. The second-order valence-electron chi connectivity index (χ2n) is 7.79. The first-order valence-corrected chi connectivity index (χ1v) is 13.3. The van der Waals surface area contributed by atoms with Gasteiger partial charge in [-0.3, -0.25) is 4.79 Å². The Balaban J connectivity index is 2.18. The third kappa shape index (κ3) is 6.11. The number of halogens is 3. The van der Waals surface area contributed by atoms with Crippen LogP contribution in [0.1, 0.15) is 44.0 Å². The fourth-order valence-corrected chi connectivity index (χ4v) is 8.12. The minimum absolute atomic E-state index is 0.0712. The molecule has 7 nitrogen and oxygen atoms in total. The van der Waals surface area contributed by atoms with Crippen molar-refractivity contribution < 1.29 is 39.0 Å². The predicted octanol–water partition coefficient (Wildman–Crippen LogP) is 3.54. The number of Topliss-reactive ketones (excluding diaryl/α,β-unsaturated/α-hetero) is 1. The molecule has 2 rings (SSSR count). The molecular formula is C17H22F3NO6S3. The maximum absolute atomic E-state index is 13.1. The van der Waals surface area contributed by atoms with E-state index in [0.717, 1.165) is 36.5 Å². The van der Waals surface area contributed by atoms with Crippen LogP contribution in [0.2, 0.25) is 0 Å². The highest BCUT2D eigenvalue weighted by Gasteiger charge is 2.47. The quantitative estimate of drug-likeness (QED) is 0.428. The Labute approximate surface area is 177 Å². The number of hydrogen-bond acceptors (Lipinski definition) is 6. The molecule has 1 aromatic carbocycles. The van der Waals surface area contributed by atoms with Crippen molar-refractivity contribution in [2.24, 2.45) is 5.41 Å². The molecule has 1 aliphatic heterocycles. The second kappa shape index (κ2) is 8.67. The zero-order valence-electron chi connectivity index (χ0n) is 16.5. The molecule has 0 radical (unpaired) electrons. The van der Waals surface area contributed by atoms with Gasteiger partial charge in [-0.1, -0.05) is 20.8 Å². The fourth-order valence-electron chi connectivity index (χ4n) is 3.08. The van der Waals surface area contributed by atoms with Crippen molar-refractivity contribution in [3.8, 4) is 5.75 Å². The van der Waals surface area contributed by atoms with Crippen LogP contribution in [0.3, 0.4) is 0 Å². The topological polar surface area (TPSA) is 109 Å². The highest BCUT2D eigenvalue weighted by Crippen LogP contribution is 2.35. The van der Waals surface area contributed by atoms with Gasteiger partial charge in [-0.25, -0.2) is 16.8 Å². The molecule has 0 spiro atoms. The standard InChI is InChI=1S/C17H22F3NO6S3/c1-16(2,3)15(28-10-4-5-11-28)14(22)12-6-8-13(9-7-12)27-30(25,26)21-29(23,24)17(18,19)20/h6-9,15H,4-5,10-11H2,1-3H3. The average molecular weight is 490 g/mol. The molecule has 1 saturated heterocycles. The van der Waals surface area contributed by atoms with Crippen LogP contribution in [-0.4, -0.2) is 44.9 Å². The van der Waals surface area contributed by atoms with Crippen molar-refractivity contribution in [3.05, 3.63) is 34.0 Å². The number of sulfonamides is 1. The predicted molar refractivity (Wildman–Crippen MR) is 108 cm³/mol. The van der Waals surface area contributed by atoms with Crippen molar-refractivity contribution >= 4 is 37.0 Å². The lowest BCUT2D eigenvalue weighted by Crippen LogP contribution is -2.42. The molecular weight excluding hydrogens is 467 g/mol. The molecule has 1 aliphatic rings. The summed E-state index contributed by atoms with van der Waals surface area (Å²) in [6, 6.07) is 4.73. The van der Waals surface area contributed by atoms with E-state index >= 15 is 0 Å². The van der Waals surface area contributed by atoms with Gasteiger partial charge in [0.2, 0.25) is 16.1 Å². The van der Waals surface area contributed by atoms with Crippen LogP contribution in [0, 0.1) is 5.41 Å². The van der Waals surface area contributed by atoms with Crippen LogP contribution < -0.4 is 4.18 Å². The molecule has 0 N–H and O–H groups in total. The van der Waals surface area contributed by atoms with Crippen LogP contribution in [0.25, 0.3) is 4.13 Å². The summed E-state index contributed by atoms with van der Waals surface area (Å²) in [5.74, 6) is 1.37. The van der Waals surface area contributed by atoms with Gasteiger partial charge in [0.1, 0.15) is 17.3 Å². The Morgan fingerprint density at radius 3 is 1.97 bits per heavy atom. The van der Waals surface area contributed by atoms with Crippen molar-refractivity contribution in [1.82, 2.24) is 0 Å². The van der Waals surface area contributed by atoms with Crippen LogP contribution in [0.4, 0.5) is 13.2 Å². The molecule has 0 saturated carbocycles. The van der Waals surface area contributed by atoms with Crippen molar-refractivity contribution in [2.45, 2.75) is 44.4 Å². The monoisotopic (exact) mass is 489 g/mol. The Morgan fingerprint density at radius 1 is 1.03 bits per heavy atom. The summed E-state index contributed by atoms with van der Waals surface area (Å²) >= 11 is 0. The minimum atomic E-state index is -6.28. The van der Waals surface area contributed by atoms with E-state index in [9.17, 15) is 34.8 Å². The third-order valence-corrected chi connectivity index (χ3v) is 9.96. The maximum Gasteiger partial charge on any atom is 0.480 e. The Morgan fingerprint density at radius 2 is 1.53 bits per heavy atom. The SMILES string of the molecule is CC(C)(C)C(C(=O)c1ccc(OS(=O)(=O)[N-]S(=O)(=O)C(F)(F)F)cc1)[S+]1CCCC1. The maximum atomic E-state index is 13.1. The summed E-state index contributed by atoms with van der Waals surface area (Å²) in [4.78, 5) is 13.1. The van der Waals surface area contributed by atoms with E-state index in [1.165, 1.54) is 12.1 Å². The summed E-state index contributed by atoms with van der Waals surface area (Å²) in [5.41, 5.74) is -5.85. The van der Waals surface area contributed by atoms with Crippen LogP contribution in [0.5, 0.6) is 5.75 Å².